The number of hydrogen-bond acceptors (Lipinski definition) is 4. The zero-order valence-electron chi connectivity index (χ0n) is 16.5. The summed E-state index contributed by atoms with van der Waals surface area (Å²) in [6.07, 6.45) is -1.33. The van der Waals surface area contributed by atoms with E-state index in [0.29, 0.717) is 17.4 Å². The molecule has 0 spiro atoms. The van der Waals surface area contributed by atoms with Crippen molar-refractivity contribution in [3.63, 3.8) is 0 Å². The molecule has 0 radical (unpaired) electrons. The number of amides is 1. The second-order valence-corrected chi connectivity index (χ2v) is 6.60. The summed E-state index contributed by atoms with van der Waals surface area (Å²) in [6, 6.07) is 11.2. The number of nitrogens with zero attached hydrogens (tertiary/aromatic N) is 2. The van der Waals surface area contributed by atoms with E-state index in [4.69, 9.17) is 4.74 Å². The van der Waals surface area contributed by atoms with Crippen molar-refractivity contribution in [2.24, 2.45) is 7.05 Å². The fourth-order valence-electron chi connectivity index (χ4n) is 2.87. The lowest BCUT2D eigenvalue weighted by Crippen LogP contribution is -2.32. The minimum Gasteiger partial charge on any atom is -0.449 e. The molecule has 2 aromatic carbocycles. The second kappa shape index (κ2) is 8.32. The molecule has 30 heavy (non-hydrogen) atoms. The first-order valence-electron chi connectivity index (χ1n) is 9.01. The maximum absolute atomic E-state index is 13.7. The molecule has 7 nitrogen and oxygen atoms in total. The molecule has 0 aliphatic heterocycles. The van der Waals surface area contributed by atoms with E-state index in [2.05, 4.69) is 5.32 Å². The molecule has 1 unspecified atom stereocenters. The Kier molecular flexibility index (Phi) is 5.81. The van der Waals surface area contributed by atoms with Crippen LogP contribution in [0.1, 0.15) is 23.0 Å². The van der Waals surface area contributed by atoms with Gasteiger partial charge in [-0.15, -0.1) is 0 Å². The van der Waals surface area contributed by atoms with Crippen molar-refractivity contribution in [1.82, 2.24) is 9.36 Å². The van der Waals surface area contributed by atoms with Gasteiger partial charge in [-0.3, -0.25) is 14.3 Å². The van der Waals surface area contributed by atoms with E-state index in [1.165, 1.54) is 11.6 Å². The molecule has 0 bridgehead atoms. The zero-order chi connectivity index (χ0) is 22.0. The van der Waals surface area contributed by atoms with Crippen LogP contribution in [0.2, 0.25) is 0 Å². The maximum Gasteiger partial charge on any atom is 0.341 e. The van der Waals surface area contributed by atoms with Gasteiger partial charge >= 0.3 is 5.97 Å². The number of carbonyl (C=O) groups excluding carboxylic acids is 2. The number of esters is 1. The molecule has 9 heteroatoms. The lowest BCUT2D eigenvalue weighted by Gasteiger charge is -2.13. The highest BCUT2D eigenvalue weighted by molar-refractivity contribution is 5.97. The SMILES string of the molecule is Cc1c(NC(=O)C(C)OC(=O)c2ccc(F)cc2F)c(=O)n(-c2ccccc2)n1C. The van der Waals surface area contributed by atoms with Crippen LogP contribution < -0.4 is 10.9 Å². The maximum atomic E-state index is 13.7. The van der Waals surface area contributed by atoms with Gasteiger partial charge in [-0.2, -0.15) is 0 Å². The quantitative estimate of drug-likeness (QED) is 0.650. The Bertz CT molecular complexity index is 1170. The topological polar surface area (TPSA) is 82.3 Å². The molecule has 1 aromatic heterocycles. The lowest BCUT2D eigenvalue weighted by atomic mass is 10.2. The molecule has 1 atom stereocenters. The van der Waals surface area contributed by atoms with Crippen LogP contribution in [0.3, 0.4) is 0 Å². The van der Waals surface area contributed by atoms with Crippen LogP contribution in [0, 0.1) is 18.6 Å². The van der Waals surface area contributed by atoms with Crippen molar-refractivity contribution in [2.45, 2.75) is 20.0 Å². The number of ether oxygens (including phenoxy) is 1. The van der Waals surface area contributed by atoms with Crippen LogP contribution in [0.25, 0.3) is 5.69 Å². The number of rotatable bonds is 5. The van der Waals surface area contributed by atoms with Gasteiger partial charge in [0.1, 0.15) is 17.3 Å². The fourth-order valence-corrected chi connectivity index (χ4v) is 2.87. The van der Waals surface area contributed by atoms with E-state index in [-0.39, 0.29) is 5.69 Å². The first kappa shape index (κ1) is 21.0. The zero-order valence-corrected chi connectivity index (χ0v) is 16.5. The third kappa shape index (κ3) is 4.00. The number of hydrogen-bond donors (Lipinski definition) is 1. The Morgan fingerprint density at radius 1 is 1.10 bits per heavy atom. The van der Waals surface area contributed by atoms with Gasteiger partial charge in [0.15, 0.2) is 6.10 Å². The van der Waals surface area contributed by atoms with Crippen LogP contribution in [-0.2, 0) is 16.6 Å². The molecule has 3 rings (SSSR count). The van der Waals surface area contributed by atoms with E-state index < -0.39 is 40.7 Å². The number of halogens is 2. The summed E-state index contributed by atoms with van der Waals surface area (Å²) >= 11 is 0. The molecule has 1 heterocycles. The third-order valence-corrected chi connectivity index (χ3v) is 4.61. The van der Waals surface area contributed by atoms with E-state index in [1.54, 1.807) is 42.9 Å². The van der Waals surface area contributed by atoms with Crippen LogP contribution in [0.4, 0.5) is 14.5 Å². The van der Waals surface area contributed by atoms with Crippen molar-refractivity contribution in [2.75, 3.05) is 5.32 Å². The Morgan fingerprint density at radius 2 is 1.77 bits per heavy atom. The van der Waals surface area contributed by atoms with Gasteiger partial charge in [0.05, 0.1) is 16.9 Å². The monoisotopic (exact) mass is 415 g/mol. The highest BCUT2D eigenvalue weighted by Gasteiger charge is 2.24. The summed E-state index contributed by atoms with van der Waals surface area (Å²) in [5.41, 5.74) is 0.165. The van der Waals surface area contributed by atoms with Crippen LogP contribution >= 0.6 is 0 Å². The van der Waals surface area contributed by atoms with E-state index in [1.807, 2.05) is 6.07 Å². The molecule has 0 fully saturated rings. The highest BCUT2D eigenvalue weighted by atomic mass is 19.1. The van der Waals surface area contributed by atoms with Crippen molar-refractivity contribution >= 4 is 17.6 Å². The normalized spacial score (nSPS) is 11.8. The van der Waals surface area contributed by atoms with E-state index in [0.717, 1.165) is 12.1 Å². The molecule has 3 aromatic rings. The predicted octanol–water partition coefficient (Wildman–Crippen LogP) is 2.95. The van der Waals surface area contributed by atoms with Gasteiger partial charge < -0.3 is 10.1 Å². The standard InChI is InChI=1S/C21H19F2N3O4/c1-12-18(20(28)26(25(12)3)15-7-5-4-6-8-15)24-19(27)13(2)30-21(29)16-10-9-14(22)11-17(16)23/h4-11,13H,1-3H3,(H,24,27). The van der Waals surface area contributed by atoms with Crippen molar-refractivity contribution in [3.8, 4) is 5.69 Å². The molecule has 156 valence electrons. The molecule has 0 aliphatic rings. The number of aromatic nitrogens is 2. The fraction of sp³-hybridized carbons (Fsp3) is 0.190. The summed E-state index contributed by atoms with van der Waals surface area (Å²) in [6.45, 7) is 2.93. The van der Waals surface area contributed by atoms with Gasteiger partial charge in [-0.1, -0.05) is 18.2 Å². The summed E-state index contributed by atoms with van der Waals surface area (Å²) < 4.78 is 34.6. The Hall–Kier alpha value is -3.75. The van der Waals surface area contributed by atoms with E-state index in [9.17, 15) is 23.2 Å². The van der Waals surface area contributed by atoms with Crippen molar-refractivity contribution < 1.29 is 23.1 Å². The molecular formula is C21H19F2N3O4. The third-order valence-electron chi connectivity index (χ3n) is 4.61. The molecule has 0 saturated carbocycles. The number of anilines is 1. The smallest absolute Gasteiger partial charge is 0.341 e. The first-order chi connectivity index (χ1) is 14.2. The minimum atomic E-state index is -1.33. The number of benzene rings is 2. The highest BCUT2D eigenvalue weighted by Crippen LogP contribution is 2.16. The van der Waals surface area contributed by atoms with Gasteiger partial charge in [0.2, 0.25) is 0 Å². The average molecular weight is 415 g/mol. The number of nitrogens with one attached hydrogen (secondary N) is 1. The average Bonchev–Trinajstić information content (AvgIpc) is 2.91. The molecular weight excluding hydrogens is 396 g/mol. The van der Waals surface area contributed by atoms with Gasteiger partial charge in [0, 0.05) is 13.1 Å². The summed E-state index contributed by atoms with van der Waals surface area (Å²) in [4.78, 5) is 37.4. The minimum absolute atomic E-state index is 0.0298. The predicted molar refractivity (Wildman–Crippen MR) is 106 cm³/mol. The van der Waals surface area contributed by atoms with Crippen molar-refractivity contribution in [3.05, 3.63) is 81.8 Å². The number of carbonyl (C=O) groups is 2. The van der Waals surface area contributed by atoms with Gasteiger partial charge in [-0.25, -0.2) is 18.3 Å². The largest absolute Gasteiger partial charge is 0.449 e. The first-order valence-corrected chi connectivity index (χ1v) is 9.01. The Morgan fingerprint density at radius 3 is 2.40 bits per heavy atom. The van der Waals surface area contributed by atoms with Crippen LogP contribution in [-0.4, -0.2) is 27.3 Å². The second-order valence-electron chi connectivity index (χ2n) is 6.60. The molecule has 1 amide bonds. The summed E-state index contributed by atoms with van der Waals surface area (Å²) in [5, 5.41) is 2.47. The van der Waals surface area contributed by atoms with E-state index >= 15 is 0 Å². The van der Waals surface area contributed by atoms with Crippen LogP contribution in [0.5, 0.6) is 0 Å². The van der Waals surface area contributed by atoms with Gasteiger partial charge in [0.25, 0.3) is 11.5 Å². The number of para-hydroxylation sites is 1. The molecule has 0 saturated heterocycles. The molecule has 1 N–H and O–H groups in total. The Balaban J connectivity index is 1.79. The van der Waals surface area contributed by atoms with Gasteiger partial charge in [-0.05, 0) is 38.1 Å². The summed E-state index contributed by atoms with van der Waals surface area (Å²) in [5.74, 6) is -3.83. The van der Waals surface area contributed by atoms with Crippen molar-refractivity contribution in [1.29, 1.82) is 0 Å². The van der Waals surface area contributed by atoms with Crippen LogP contribution in [0.15, 0.2) is 53.3 Å². The Labute approximate surface area is 170 Å². The lowest BCUT2D eigenvalue weighted by molar-refractivity contribution is -0.123. The summed E-state index contributed by atoms with van der Waals surface area (Å²) in [7, 11) is 1.67. The molecule has 0 aliphatic carbocycles.